The van der Waals surface area contributed by atoms with Gasteiger partial charge in [0, 0.05) is 12.1 Å². The van der Waals surface area contributed by atoms with Gasteiger partial charge < -0.3 is 0 Å². The number of nitro groups is 1. The van der Waals surface area contributed by atoms with Crippen molar-refractivity contribution in [3.05, 3.63) is 54.5 Å². The molecule has 0 radical (unpaired) electrons. The van der Waals surface area contributed by atoms with Gasteiger partial charge in [0.1, 0.15) is 0 Å². The molecule has 1 aromatic rings. The number of non-ortho nitro benzene ring substituents is 1. The number of ketones is 1. The van der Waals surface area contributed by atoms with E-state index in [4.69, 9.17) is 0 Å². The molecular weight excluding hydrogens is 468 g/mol. The fraction of sp³-hybridized carbons (Fsp3) is 0.143. The van der Waals surface area contributed by atoms with Crippen LogP contribution in [-0.2, 0) is 14.8 Å². The first-order valence-corrected chi connectivity index (χ1v) is 9.46. The van der Waals surface area contributed by atoms with Gasteiger partial charge in [-0.2, -0.15) is 12.8 Å². The normalized spacial score (nSPS) is 15.8. The number of hydrogen-bond donors (Lipinski definition) is 0. The molecular formula is C14H10Br2N2O5S. The quantitative estimate of drug-likeness (QED) is 0.375. The Morgan fingerprint density at radius 1 is 1.12 bits per heavy atom. The predicted molar refractivity (Wildman–Crippen MR) is 96.0 cm³/mol. The molecule has 0 N–H and O–H groups in total. The Morgan fingerprint density at radius 2 is 1.67 bits per heavy atom. The molecule has 0 bridgehead atoms. The van der Waals surface area contributed by atoms with E-state index in [1.165, 1.54) is 18.2 Å². The highest BCUT2D eigenvalue weighted by Crippen LogP contribution is 2.33. The van der Waals surface area contributed by atoms with Gasteiger partial charge in [-0.1, -0.05) is 6.07 Å². The zero-order valence-electron chi connectivity index (χ0n) is 12.4. The number of carbonyl (C=O) groups excluding carboxylic acids is 1. The standard InChI is InChI=1S/C14H10Br2N2O5S/c1-7-11(15)14(19)12(16)8(2)13(7)17-24(22,23)10-5-3-4-9(6-10)18(20)21/h3-6H,1-2H3. The highest BCUT2D eigenvalue weighted by atomic mass is 79.9. The van der Waals surface area contributed by atoms with Crippen LogP contribution in [-0.4, -0.2) is 24.8 Å². The molecule has 0 heterocycles. The number of nitro benzene ring substituents is 1. The highest BCUT2D eigenvalue weighted by Gasteiger charge is 2.28. The molecule has 0 spiro atoms. The molecule has 126 valence electrons. The Balaban J connectivity index is 2.63. The average Bonchev–Trinajstić information content (AvgIpc) is 2.55. The van der Waals surface area contributed by atoms with Gasteiger partial charge in [-0.3, -0.25) is 14.9 Å². The highest BCUT2D eigenvalue weighted by molar-refractivity contribution is 9.13. The Bertz CT molecular complexity index is 931. The van der Waals surface area contributed by atoms with Crippen LogP contribution in [0.4, 0.5) is 5.69 Å². The van der Waals surface area contributed by atoms with Crippen LogP contribution in [0.1, 0.15) is 13.8 Å². The van der Waals surface area contributed by atoms with Crippen LogP contribution < -0.4 is 0 Å². The number of sulfonamides is 1. The van der Waals surface area contributed by atoms with Crippen molar-refractivity contribution in [2.45, 2.75) is 18.7 Å². The number of rotatable bonds is 3. The Morgan fingerprint density at radius 3 is 2.17 bits per heavy atom. The Labute approximate surface area is 154 Å². The third kappa shape index (κ3) is 3.40. The average molecular weight is 478 g/mol. The first-order valence-electron chi connectivity index (χ1n) is 6.44. The molecule has 0 amide bonds. The van der Waals surface area contributed by atoms with Crippen molar-refractivity contribution in [1.82, 2.24) is 0 Å². The zero-order valence-corrected chi connectivity index (χ0v) is 16.4. The van der Waals surface area contributed by atoms with Crippen molar-refractivity contribution in [1.29, 1.82) is 0 Å². The van der Waals surface area contributed by atoms with E-state index >= 15 is 0 Å². The maximum Gasteiger partial charge on any atom is 0.283 e. The molecule has 0 saturated heterocycles. The summed E-state index contributed by atoms with van der Waals surface area (Å²) >= 11 is 6.25. The maximum atomic E-state index is 12.5. The number of Topliss-reactive ketones (excluding diaryl/α,β-unsaturated/α-hetero) is 1. The van der Waals surface area contributed by atoms with Gasteiger partial charge >= 0.3 is 0 Å². The lowest BCUT2D eigenvalue weighted by molar-refractivity contribution is -0.385. The molecule has 7 nitrogen and oxygen atoms in total. The summed E-state index contributed by atoms with van der Waals surface area (Å²) in [6.45, 7) is 3.12. The number of benzene rings is 1. The summed E-state index contributed by atoms with van der Waals surface area (Å²) in [5.74, 6) is -0.309. The largest absolute Gasteiger partial charge is 0.287 e. The van der Waals surface area contributed by atoms with E-state index in [2.05, 4.69) is 36.3 Å². The fourth-order valence-corrected chi connectivity index (χ4v) is 4.17. The van der Waals surface area contributed by atoms with Crippen LogP contribution in [0.15, 0.2) is 53.7 Å². The number of hydrogen-bond acceptors (Lipinski definition) is 5. The Kier molecular flexibility index (Phi) is 5.21. The summed E-state index contributed by atoms with van der Waals surface area (Å²) in [7, 11) is -4.18. The van der Waals surface area contributed by atoms with Crippen molar-refractivity contribution in [3.63, 3.8) is 0 Å². The van der Waals surface area contributed by atoms with E-state index in [1.807, 2.05) is 0 Å². The van der Waals surface area contributed by atoms with E-state index in [1.54, 1.807) is 13.8 Å². The van der Waals surface area contributed by atoms with E-state index in [0.717, 1.165) is 6.07 Å². The van der Waals surface area contributed by atoms with E-state index in [-0.39, 0.29) is 31.0 Å². The van der Waals surface area contributed by atoms with Crippen LogP contribution in [0.2, 0.25) is 0 Å². The van der Waals surface area contributed by atoms with Crippen molar-refractivity contribution < 1.29 is 18.1 Å². The smallest absolute Gasteiger partial charge is 0.283 e. The van der Waals surface area contributed by atoms with E-state index < -0.39 is 14.9 Å². The summed E-state index contributed by atoms with van der Waals surface area (Å²) in [6.07, 6.45) is 0. The van der Waals surface area contributed by atoms with E-state index in [0.29, 0.717) is 11.1 Å². The lowest BCUT2D eigenvalue weighted by atomic mass is 9.98. The molecule has 2 rings (SSSR count). The zero-order chi connectivity index (χ0) is 18.2. The lowest BCUT2D eigenvalue weighted by Crippen LogP contribution is -2.18. The van der Waals surface area contributed by atoms with Gasteiger partial charge in [-0.05, 0) is 62.9 Å². The lowest BCUT2D eigenvalue weighted by Gasteiger charge is -2.17. The van der Waals surface area contributed by atoms with Gasteiger partial charge in [-0.15, -0.1) is 0 Å². The van der Waals surface area contributed by atoms with Gasteiger partial charge in [0.2, 0.25) is 5.78 Å². The van der Waals surface area contributed by atoms with Crippen LogP contribution in [0.3, 0.4) is 0 Å². The van der Waals surface area contributed by atoms with Crippen LogP contribution in [0, 0.1) is 10.1 Å². The molecule has 0 unspecified atom stereocenters. The van der Waals surface area contributed by atoms with Gasteiger partial charge in [0.15, 0.2) is 0 Å². The summed E-state index contributed by atoms with van der Waals surface area (Å²) in [5, 5.41) is 10.8. The summed E-state index contributed by atoms with van der Waals surface area (Å²) in [5.41, 5.74) is 0.501. The molecule has 1 aliphatic carbocycles. The third-order valence-electron chi connectivity index (χ3n) is 3.31. The van der Waals surface area contributed by atoms with E-state index in [9.17, 15) is 23.3 Å². The van der Waals surface area contributed by atoms with Crippen LogP contribution in [0.25, 0.3) is 0 Å². The maximum absolute atomic E-state index is 12.5. The summed E-state index contributed by atoms with van der Waals surface area (Å²) < 4.78 is 29.2. The summed E-state index contributed by atoms with van der Waals surface area (Å²) in [4.78, 5) is 21.8. The molecule has 0 fully saturated rings. The molecule has 0 saturated carbocycles. The first-order chi connectivity index (χ1) is 11.1. The number of nitrogens with zero attached hydrogens (tertiary/aromatic N) is 2. The van der Waals surface area contributed by atoms with Gasteiger partial charge in [0.25, 0.3) is 15.7 Å². The van der Waals surface area contributed by atoms with Gasteiger partial charge in [0.05, 0.1) is 24.5 Å². The van der Waals surface area contributed by atoms with Gasteiger partial charge in [-0.25, -0.2) is 0 Å². The first kappa shape index (κ1) is 18.7. The predicted octanol–water partition coefficient (Wildman–Crippen LogP) is 3.65. The molecule has 1 aliphatic rings. The fourth-order valence-electron chi connectivity index (χ4n) is 1.99. The number of halogens is 2. The van der Waals surface area contributed by atoms with Crippen molar-refractivity contribution >= 4 is 59.1 Å². The molecule has 0 atom stereocenters. The minimum absolute atomic E-state index is 0.111. The number of carbonyl (C=O) groups is 1. The molecule has 1 aromatic carbocycles. The number of allylic oxidation sites excluding steroid dienone is 4. The van der Waals surface area contributed by atoms with Crippen LogP contribution >= 0.6 is 31.9 Å². The third-order valence-corrected chi connectivity index (χ3v) is 6.49. The SMILES string of the molecule is CC1=C(Br)C(=O)C(Br)=C(C)C1=NS(=O)(=O)c1cccc([N+](=O)[O-])c1. The monoisotopic (exact) mass is 476 g/mol. The van der Waals surface area contributed by atoms with Crippen molar-refractivity contribution in [3.8, 4) is 0 Å². The molecule has 0 aromatic heterocycles. The summed E-state index contributed by atoms with van der Waals surface area (Å²) in [6, 6.07) is 4.62. The topological polar surface area (TPSA) is 107 Å². The van der Waals surface area contributed by atoms with Crippen molar-refractivity contribution in [2.75, 3.05) is 0 Å². The molecule has 0 aliphatic heterocycles. The van der Waals surface area contributed by atoms with Crippen LogP contribution in [0.5, 0.6) is 0 Å². The second-order valence-corrected chi connectivity index (χ2v) is 8.07. The minimum atomic E-state index is -4.18. The second-order valence-electron chi connectivity index (χ2n) is 4.88. The molecule has 24 heavy (non-hydrogen) atoms. The second kappa shape index (κ2) is 6.69. The molecule has 10 heteroatoms. The minimum Gasteiger partial charge on any atom is -0.287 e. The Hall–Kier alpha value is -1.65. The van der Waals surface area contributed by atoms with Crippen molar-refractivity contribution in [2.24, 2.45) is 4.40 Å².